The minimum atomic E-state index is -3.52. The molecule has 0 aliphatic rings. The van der Waals surface area contributed by atoms with Crippen LogP contribution >= 0.6 is 0 Å². The Bertz CT molecular complexity index is 1170. The number of amides is 1. The second-order valence-electron chi connectivity index (χ2n) is 7.00. The van der Waals surface area contributed by atoms with E-state index in [0.717, 1.165) is 10.1 Å². The van der Waals surface area contributed by atoms with E-state index in [2.05, 4.69) is 25.6 Å². The lowest BCUT2D eigenvalue weighted by molar-refractivity contribution is 0.0955. The van der Waals surface area contributed by atoms with Crippen molar-refractivity contribution < 1.29 is 13.2 Å². The van der Waals surface area contributed by atoms with Crippen LogP contribution in [0.3, 0.4) is 0 Å². The Labute approximate surface area is 181 Å². The first-order valence-corrected chi connectivity index (χ1v) is 11.0. The molecule has 1 aromatic carbocycles. The quantitative estimate of drug-likeness (QED) is 0.504. The van der Waals surface area contributed by atoms with Crippen molar-refractivity contribution in [2.24, 2.45) is 0 Å². The number of carbonyl (C=O) groups is 1. The van der Waals surface area contributed by atoms with Crippen LogP contribution in [0.5, 0.6) is 0 Å². The number of hydrogen-bond donors (Lipinski definition) is 2. The van der Waals surface area contributed by atoms with Crippen molar-refractivity contribution >= 4 is 21.7 Å². The van der Waals surface area contributed by atoms with Gasteiger partial charge < -0.3 is 10.6 Å². The Morgan fingerprint density at radius 3 is 2.42 bits per heavy atom. The van der Waals surface area contributed by atoms with Crippen LogP contribution in [0, 0.1) is 13.8 Å². The highest BCUT2D eigenvalue weighted by atomic mass is 32.2. The minimum absolute atomic E-state index is 0.138. The molecule has 0 atom stereocenters. The molecule has 3 rings (SSSR count). The zero-order chi connectivity index (χ0) is 22.6. The van der Waals surface area contributed by atoms with Crippen LogP contribution in [0.4, 0.5) is 5.82 Å². The lowest BCUT2D eigenvalue weighted by atomic mass is 10.2. The molecule has 164 valence electrons. The number of nitrogens with one attached hydrogen (secondary N) is 2. The lowest BCUT2D eigenvalue weighted by Gasteiger charge is -2.12. The third-order valence-corrected chi connectivity index (χ3v) is 6.34. The molecule has 2 N–H and O–H groups in total. The summed E-state index contributed by atoms with van der Waals surface area (Å²) >= 11 is 0. The molecule has 1 amide bonds. The maximum Gasteiger partial charge on any atom is 0.251 e. The average Bonchev–Trinajstić information content (AvgIpc) is 3.16. The fourth-order valence-electron chi connectivity index (χ4n) is 2.84. The van der Waals surface area contributed by atoms with Gasteiger partial charge in [-0.15, -0.1) is 0 Å². The lowest BCUT2D eigenvalue weighted by Crippen LogP contribution is -2.29. The van der Waals surface area contributed by atoms with Crippen LogP contribution in [0.25, 0.3) is 5.82 Å². The molecular formula is C20H25N7O3S. The fraction of sp³-hybridized carbons (Fsp3) is 0.300. The molecule has 0 saturated carbocycles. The number of nitrogens with zero attached hydrogens (tertiary/aromatic N) is 5. The van der Waals surface area contributed by atoms with Crippen molar-refractivity contribution in [2.45, 2.75) is 18.7 Å². The highest BCUT2D eigenvalue weighted by Crippen LogP contribution is 2.14. The van der Waals surface area contributed by atoms with Gasteiger partial charge in [0.1, 0.15) is 23.3 Å². The molecule has 0 radical (unpaired) electrons. The van der Waals surface area contributed by atoms with Gasteiger partial charge in [0.25, 0.3) is 5.91 Å². The van der Waals surface area contributed by atoms with Crippen LogP contribution in [0.1, 0.15) is 22.0 Å². The predicted octanol–water partition coefficient (Wildman–Crippen LogP) is 1.37. The smallest absolute Gasteiger partial charge is 0.251 e. The molecule has 0 fully saturated rings. The van der Waals surface area contributed by atoms with Gasteiger partial charge in [-0.05, 0) is 38.1 Å². The number of sulfonamides is 1. The van der Waals surface area contributed by atoms with E-state index >= 15 is 0 Å². The van der Waals surface area contributed by atoms with E-state index in [1.165, 1.54) is 38.4 Å². The van der Waals surface area contributed by atoms with Crippen molar-refractivity contribution in [3.05, 3.63) is 59.9 Å². The maximum absolute atomic E-state index is 12.3. The Balaban J connectivity index is 1.56. The molecule has 0 aliphatic heterocycles. The molecule has 2 aromatic heterocycles. The molecule has 3 aromatic rings. The zero-order valence-corrected chi connectivity index (χ0v) is 18.6. The van der Waals surface area contributed by atoms with Crippen LogP contribution in [0.2, 0.25) is 0 Å². The standard InChI is InChI=1S/C20H25N7O3S/c1-14-24-18(13-19(25-14)27-12-11-21-15(27)2)22-9-10-23-20(28)16-5-7-17(8-6-16)31(29,30)26(3)4/h5-8,11-13H,9-10H2,1-4H3,(H,23,28)(H,22,24,25). The fourth-order valence-corrected chi connectivity index (χ4v) is 3.75. The van der Waals surface area contributed by atoms with E-state index < -0.39 is 10.0 Å². The van der Waals surface area contributed by atoms with Gasteiger partial charge in [0.05, 0.1) is 4.90 Å². The largest absolute Gasteiger partial charge is 0.368 e. The Hall–Kier alpha value is -3.31. The van der Waals surface area contributed by atoms with Gasteiger partial charge in [-0.1, -0.05) is 0 Å². The molecular weight excluding hydrogens is 418 g/mol. The first-order valence-electron chi connectivity index (χ1n) is 9.59. The SMILES string of the molecule is Cc1nc(NCCNC(=O)c2ccc(S(=O)(=O)N(C)C)cc2)cc(-n2ccnc2C)n1. The molecule has 0 aliphatic carbocycles. The van der Waals surface area contributed by atoms with Crippen molar-refractivity contribution in [3.8, 4) is 5.82 Å². The number of imidazole rings is 1. The van der Waals surface area contributed by atoms with E-state index in [0.29, 0.717) is 36.1 Å². The number of anilines is 1. The first kappa shape index (κ1) is 22.4. The summed E-state index contributed by atoms with van der Waals surface area (Å²) in [5.74, 6) is 2.50. The number of hydrogen-bond acceptors (Lipinski definition) is 7. The predicted molar refractivity (Wildman–Crippen MR) is 117 cm³/mol. The van der Waals surface area contributed by atoms with Gasteiger partial charge >= 0.3 is 0 Å². The molecule has 0 saturated heterocycles. The van der Waals surface area contributed by atoms with E-state index in [4.69, 9.17) is 0 Å². The van der Waals surface area contributed by atoms with Crippen LogP contribution in [-0.4, -0.2) is 65.3 Å². The van der Waals surface area contributed by atoms with E-state index in [1.54, 1.807) is 6.20 Å². The summed E-state index contributed by atoms with van der Waals surface area (Å²) in [5.41, 5.74) is 0.383. The Morgan fingerprint density at radius 1 is 1.10 bits per heavy atom. The van der Waals surface area contributed by atoms with Gasteiger partial charge in [0.15, 0.2) is 0 Å². The van der Waals surface area contributed by atoms with Gasteiger partial charge in [0, 0.05) is 51.2 Å². The van der Waals surface area contributed by atoms with Gasteiger partial charge in [0.2, 0.25) is 10.0 Å². The minimum Gasteiger partial charge on any atom is -0.368 e. The van der Waals surface area contributed by atoms with Crippen molar-refractivity contribution in [1.29, 1.82) is 0 Å². The van der Waals surface area contributed by atoms with Crippen molar-refractivity contribution in [3.63, 3.8) is 0 Å². The van der Waals surface area contributed by atoms with Gasteiger partial charge in [-0.25, -0.2) is 27.7 Å². The second kappa shape index (κ2) is 9.23. The molecule has 0 spiro atoms. The molecule has 11 heteroatoms. The highest BCUT2D eigenvalue weighted by Gasteiger charge is 2.17. The van der Waals surface area contributed by atoms with Crippen molar-refractivity contribution in [1.82, 2.24) is 29.1 Å². The number of aryl methyl sites for hydroxylation is 2. The van der Waals surface area contributed by atoms with Crippen LogP contribution < -0.4 is 10.6 Å². The summed E-state index contributed by atoms with van der Waals surface area (Å²) in [6.07, 6.45) is 3.54. The summed E-state index contributed by atoms with van der Waals surface area (Å²) < 4.78 is 27.2. The molecule has 0 bridgehead atoms. The number of rotatable bonds is 8. The molecule has 2 heterocycles. The monoisotopic (exact) mass is 443 g/mol. The summed E-state index contributed by atoms with van der Waals surface area (Å²) in [4.78, 5) is 25.4. The third kappa shape index (κ3) is 5.25. The highest BCUT2D eigenvalue weighted by molar-refractivity contribution is 7.89. The van der Waals surface area contributed by atoms with Crippen molar-refractivity contribution in [2.75, 3.05) is 32.5 Å². The number of benzene rings is 1. The number of aromatic nitrogens is 4. The summed E-state index contributed by atoms with van der Waals surface area (Å²) in [6.45, 7) is 4.52. The molecule has 31 heavy (non-hydrogen) atoms. The summed E-state index contributed by atoms with van der Waals surface area (Å²) in [5, 5.41) is 5.97. The molecule has 10 nitrogen and oxygen atoms in total. The summed E-state index contributed by atoms with van der Waals surface area (Å²) in [7, 11) is -0.603. The van der Waals surface area contributed by atoms with E-state index in [-0.39, 0.29) is 10.8 Å². The summed E-state index contributed by atoms with van der Waals surface area (Å²) in [6, 6.07) is 7.64. The zero-order valence-electron chi connectivity index (χ0n) is 17.8. The van der Waals surface area contributed by atoms with Gasteiger partial charge in [-0.3, -0.25) is 9.36 Å². The first-order chi connectivity index (χ1) is 14.7. The second-order valence-corrected chi connectivity index (χ2v) is 9.15. The third-order valence-electron chi connectivity index (χ3n) is 4.51. The average molecular weight is 444 g/mol. The topological polar surface area (TPSA) is 122 Å². The van der Waals surface area contributed by atoms with Gasteiger partial charge in [-0.2, -0.15) is 0 Å². The normalized spacial score (nSPS) is 11.5. The van der Waals surface area contributed by atoms with Crippen LogP contribution in [0.15, 0.2) is 47.6 Å². The van der Waals surface area contributed by atoms with Crippen LogP contribution in [-0.2, 0) is 10.0 Å². The Kier molecular flexibility index (Phi) is 6.66. The number of carbonyl (C=O) groups excluding carboxylic acids is 1. The van der Waals surface area contributed by atoms with E-state index in [1.807, 2.05) is 30.7 Å². The maximum atomic E-state index is 12.3. The Morgan fingerprint density at radius 2 is 1.81 bits per heavy atom. The molecule has 0 unspecified atom stereocenters. The van der Waals surface area contributed by atoms with E-state index in [9.17, 15) is 13.2 Å².